The summed E-state index contributed by atoms with van der Waals surface area (Å²) >= 11 is 0. The van der Waals surface area contributed by atoms with Crippen LogP contribution in [0.5, 0.6) is 0 Å². The highest BCUT2D eigenvalue weighted by Crippen LogP contribution is 2.20. The molecule has 0 saturated carbocycles. The minimum atomic E-state index is -3.71. The molecule has 27 heavy (non-hydrogen) atoms. The van der Waals surface area contributed by atoms with E-state index in [9.17, 15) is 18.0 Å². The number of hydrogen-bond acceptors (Lipinski definition) is 6. The number of likely N-dealkylation sites (N-methyl/N-ethyl adjacent to an activating group) is 1. The summed E-state index contributed by atoms with van der Waals surface area (Å²) in [6, 6.07) is 6.18. The zero-order valence-electron chi connectivity index (χ0n) is 16.1. The topological polar surface area (TPSA) is 108 Å². The van der Waals surface area contributed by atoms with Gasteiger partial charge in [-0.25, -0.2) is 13.2 Å². The molecular formula is C18H25N3O5S. The van der Waals surface area contributed by atoms with E-state index in [2.05, 4.69) is 0 Å². The number of benzene rings is 1. The number of aryl methyl sites for hydroxylation is 1. The first kappa shape index (κ1) is 22.6. The third kappa shape index (κ3) is 5.77. The lowest BCUT2D eigenvalue weighted by Gasteiger charge is -2.19. The minimum Gasteiger partial charge on any atom is -0.452 e. The summed E-state index contributed by atoms with van der Waals surface area (Å²) < 4.78 is 31.6. The van der Waals surface area contributed by atoms with Crippen LogP contribution in [-0.2, 0) is 19.6 Å². The van der Waals surface area contributed by atoms with Gasteiger partial charge in [0, 0.05) is 26.7 Å². The summed E-state index contributed by atoms with van der Waals surface area (Å²) in [5.74, 6) is -1.21. The molecule has 0 saturated heterocycles. The van der Waals surface area contributed by atoms with Crippen LogP contribution in [0.15, 0.2) is 23.1 Å². The second-order valence-corrected chi connectivity index (χ2v) is 7.80. The number of sulfonamides is 1. The largest absolute Gasteiger partial charge is 0.452 e. The lowest BCUT2D eigenvalue weighted by atomic mass is 10.1. The van der Waals surface area contributed by atoms with Gasteiger partial charge in [-0.3, -0.25) is 4.79 Å². The average molecular weight is 395 g/mol. The Morgan fingerprint density at radius 3 is 2.41 bits per heavy atom. The molecule has 0 spiro atoms. The zero-order chi connectivity index (χ0) is 20.6. The van der Waals surface area contributed by atoms with E-state index in [1.165, 1.54) is 34.5 Å². The fourth-order valence-electron chi connectivity index (χ4n) is 2.35. The standard InChI is InChI=1S/C18H25N3O5S/c1-5-21(6-2)27(24,25)15-9-8-14(3)16(12-15)18(23)26-13-17(22)20(4)11-7-10-19/h8-9,12H,5-7,11,13H2,1-4H3. The van der Waals surface area contributed by atoms with Gasteiger partial charge >= 0.3 is 5.97 Å². The monoisotopic (exact) mass is 395 g/mol. The SMILES string of the molecule is CCN(CC)S(=O)(=O)c1ccc(C)c(C(=O)OCC(=O)N(C)CCC#N)c1. The smallest absolute Gasteiger partial charge is 0.338 e. The molecular weight excluding hydrogens is 370 g/mol. The van der Waals surface area contributed by atoms with E-state index in [1.54, 1.807) is 20.8 Å². The van der Waals surface area contributed by atoms with Gasteiger partial charge in [0.15, 0.2) is 6.61 Å². The highest BCUT2D eigenvalue weighted by atomic mass is 32.2. The maximum Gasteiger partial charge on any atom is 0.338 e. The maximum atomic E-state index is 12.6. The normalized spacial score (nSPS) is 11.1. The number of hydrogen-bond donors (Lipinski definition) is 0. The number of carbonyl (C=O) groups is 2. The van der Waals surface area contributed by atoms with Crippen molar-refractivity contribution in [3.63, 3.8) is 0 Å². The van der Waals surface area contributed by atoms with Crippen molar-refractivity contribution in [2.24, 2.45) is 0 Å². The van der Waals surface area contributed by atoms with E-state index in [-0.39, 0.29) is 23.4 Å². The van der Waals surface area contributed by atoms with Crippen LogP contribution in [-0.4, -0.2) is 62.8 Å². The Morgan fingerprint density at radius 1 is 1.22 bits per heavy atom. The molecule has 0 aliphatic carbocycles. The second-order valence-electron chi connectivity index (χ2n) is 5.87. The molecule has 0 aliphatic heterocycles. The quantitative estimate of drug-likeness (QED) is 0.587. The van der Waals surface area contributed by atoms with Crippen molar-refractivity contribution in [3.8, 4) is 6.07 Å². The van der Waals surface area contributed by atoms with Gasteiger partial charge in [-0.2, -0.15) is 9.57 Å². The van der Waals surface area contributed by atoms with Gasteiger partial charge in [-0.1, -0.05) is 19.9 Å². The molecule has 0 heterocycles. The lowest BCUT2D eigenvalue weighted by molar-refractivity contribution is -0.133. The molecule has 0 unspecified atom stereocenters. The van der Waals surface area contributed by atoms with Gasteiger partial charge in [0.25, 0.3) is 5.91 Å². The van der Waals surface area contributed by atoms with E-state index in [0.29, 0.717) is 18.7 Å². The highest BCUT2D eigenvalue weighted by Gasteiger charge is 2.24. The Kier molecular flexibility index (Phi) is 8.40. The number of rotatable bonds is 9. The number of nitriles is 1. The predicted molar refractivity (Wildman–Crippen MR) is 99.4 cm³/mol. The Morgan fingerprint density at radius 2 is 1.85 bits per heavy atom. The van der Waals surface area contributed by atoms with Gasteiger partial charge in [0.2, 0.25) is 10.0 Å². The molecule has 0 radical (unpaired) electrons. The second kappa shape index (κ2) is 10.0. The van der Waals surface area contributed by atoms with Crippen LogP contribution < -0.4 is 0 Å². The summed E-state index contributed by atoms with van der Waals surface area (Å²) in [7, 11) is -2.20. The Balaban J connectivity index is 2.96. The van der Waals surface area contributed by atoms with Crippen LogP contribution in [0.1, 0.15) is 36.2 Å². The summed E-state index contributed by atoms with van der Waals surface area (Å²) in [6.45, 7) is 5.52. The van der Waals surface area contributed by atoms with E-state index >= 15 is 0 Å². The minimum absolute atomic E-state index is 0.00112. The third-order valence-corrected chi connectivity index (χ3v) is 6.13. The van der Waals surface area contributed by atoms with Crippen molar-refractivity contribution in [2.75, 3.05) is 33.3 Å². The summed E-state index contributed by atoms with van der Waals surface area (Å²) in [5.41, 5.74) is 0.638. The van der Waals surface area contributed by atoms with E-state index in [4.69, 9.17) is 10.00 Å². The predicted octanol–water partition coefficient (Wildman–Crippen LogP) is 1.55. The first-order valence-electron chi connectivity index (χ1n) is 8.57. The van der Waals surface area contributed by atoms with E-state index in [1.807, 2.05) is 6.07 Å². The van der Waals surface area contributed by atoms with Crippen LogP contribution in [0, 0.1) is 18.3 Å². The van der Waals surface area contributed by atoms with Gasteiger partial charge < -0.3 is 9.64 Å². The maximum absolute atomic E-state index is 12.6. The van der Waals surface area contributed by atoms with Crippen molar-refractivity contribution in [1.82, 2.24) is 9.21 Å². The van der Waals surface area contributed by atoms with Crippen LogP contribution in [0.3, 0.4) is 0 Å². The molecule has 148 valence electrons. The fraction of sp³-hybridized carbons (Fsp3) is 0.500. The number of amides is 1. The van der Waals surface area contributed by atoms with Gasteiger partial charge in [0.1, 0.15) is 0 Å². The molecule has 1 aromatic carbocycles. The molecule has 0 atom stereocenters. The summed E-state index contributed by atoms with van der Waals surface area (Å²) in [4.78, 5) is 25.5. The van der Waals surface area contributed by atoms with Crippen molar-refractivity contribution < 1.29 is 22.7 Å². The van der Waals surface area contributed by atoms with Crippen molar-refractivity contribution in [1.29, 1.82) is 5.26 Å². The zero-order valence-corrected chi connectivity index (χ0v) is 16.9. The molecule has 8 nitrogen and oxygen atoms in total. The molecule has 1 amide bonds. The third-order valence-electron chi connectivity index (χ3n) is 4.08. The number of esters is 1. The summed E-state index contributed by atoms with van der Waals surface area (Å²) in [5, 5.41) is 8.53. The molecule has 0 aliphatic rings. The van der Waals surface area contributed by atoms with Crippen LogP contribution >= 0.6 is 0 Å². The van der Waals surface area contributed by atoms with Crippen LogP contribution in [0.2, 0.25) is 0 Å². The molecule has 0 bridgehead atoms. The molecule has 1 rings (SSSR count). The lowest BCUT2D eigenvalue weighted by Crippen LogP contribution is -2.32. The molecule has 0 N–H and O–H groups in total. The van der Waals surface area contributed by atoms with E-state index < -0.39 is 28.5 Å². The number of nitrogens with zero attached hydrogens (tertiary/aromatic N) is 3. The number of ether oxygens (including phenoxy) is 1. The van der Waals surface area contributed by atoms with Crippen LogP contribution in [0.25, 0.3) is 0 Å². The molecule has 0 aromatic heterocycles. The first-order chi connectivity index (χ1) is 12.7. The Labute approximate surface area is 160 Å². The summed E-state index contributed by atoms with van der Waals surface area (Å²) in [6.07, 6.45) is 0.181. The molecule has 0 fully saturated rings. The van der Waals surface area contributed by atoms with Gasteiger partial charge in [-0.05, 0) is 24.6 Å². The molecule has 1 aromatic rings. The highest BCUT2D eigenvalue weighted by molar-refractivity contribution is 7.89. The van der Waals surface area contributed by atoms with E-state index in [0.717, 1.165) is 0 Å². The average Bonchev–Trinajstić information content (AvgIpc) is 2.64. The number of carbonyl (C=O) groups excluding carboxylic acids is 2. The van der Waals surface area contributed by atoms with Gasteiger partial charge in [-0.15, -0.1) is 0 Å². The van der Waals surface area contributed by atoms with Crippen LogP contribution in [0.4, 0.5) is 0 Å². The molecule has 9 heteroatoms. The van der Waals surface area contributed by atoms with Crippen molar-refractivity contribution in [3.05, 3.63) is 29.3 Å². The Bertz CT molecular complexity index is 826. The van der Waals surface area contributed by atoms with Gasteiger partial charge in [0.05, 0.1) is 22.9 Å². The van der Waals surface area contributed by atoms with Crippen molar-refractivity contribution in [2.45, 2.75) is 32.1 Å². The van der Waals surface area contributed by atoms with Crippen molar-refractivity contribution >= 4 is 21.9 Å². The first-order valence-corrected chi connectivity index (χ1v) is 10.0. The fourth-order valence-corrected chi connectivity index (χ4v) is 3.84. The Hall–Kier alpha value is -2.44.